The first kappa shape index (κ1) is 14.7. The zero-order chi connectivity index (χ0) is 14.6. The summed E-state index contributed by atoms with van der Waals surface area (Å²) in [5, 5.41) is 16.2. The normalized spacial score (nSPS) is 20.8. The Morgan fingerprint density at radius 2 is 2.30 bits per heavy atom. The molecule has 1 atom stereocenters. The molecule has 1 aromatic rings. The van der Waals surface area contributed by atoms with E-state index in [4.69, 9.17) is 0 Å². The van der Waals surface area contributed by atoms with Crippen LogP contribution in [0.25, 0.3) is 0 Å². The van der Waals surface area contributed by atoms with Crippen molar-refractivity contribution in [1.29, 1.82) is 0 Å². The Morgan fingerprint density at radius 3 is 2.95 bits per heavy atom. The number of hydrogen-bond acceptors (Lipinski definition) is 6. The monoisotopic (exact) mass is 302 g/mol. The maximum atomic E-state index is 11.8. The summed E-state index contributed by atoms with van der Waals surface area (Å²) in [6, 6.07) is -0.834. The van der Waals surface area contributed by atoms with E-state index in [1.807, 2.05) is 6.92 Å². The minimum absolute atomic E-state index is 0.0127. The minimum atomic E-state index is -3.01. The highest BCUT2D eigenvalue weighted by atomic mass is 32.2. The summed E-state index contributed by atoms with van der Waals surface area (Å²) in [4.78, 5) is 11.8. The summed E-state index contributed by atoms with van der Waals surface area (Å²) in [5.74, 6) is 0.365. The number of amides is 2. The van der Waals surface area contributed by atoms with Gasteiger partial charge in [0.05, 0.1) is 11.5 Å². The number of anilines is 1. The molecule has 9 nitrogen and oxygen atoms in total. The Bertz CT molecular complexity index is 569. The number of nitrogens with zero attached hydrogens (tertiary/aromatic N) is 4. The van der Waals surface area contributed by atoms with Gasteiger partial charge in [0.1, 0.15) is 0 Å². The van der Waals surface area contributed by atoms with Crippen LogP contribution in [-0.4, -0.2) is 52.2 Å². The lowest BCUT2D eigenvalue weighted by molar-refractivity contribution is 0.249. The molecule has 1 fully saturated rings. The van der Waals surface area contributed by atoms with E-state index in [1.54, 1.807) is 0 Å². The molecule has 2 rings (SSSR count). The summed E-state index contributed by atoms with van der Waals surface area (Å²) < 4.78 is 24.1. The van der Waals surface area contributed by atoms with Crippen LogP contribution in [0.4, 0.5) is 10.7 Å². The number of sulfone groups is 1. The first-order chi connectivity index (χ1) is 9.50. The highest BCUT2D eigenvalue weighted by molar-refractivity contribution is 7.91. The van der Waals surface area contributed by atoms with E-state index in [2.05, 4.69) is 26.2 Å². The molecule has 0 aromatic carbocycles. The third kappa shape index (κ3) is 3.89. The van der Waals surface area contributed by atoms with Crippen LogP contribution in [0.5, 0.6) is 0 Å². The Balaban J connectivity index is 1.87. The number of carbonyl (C=O) groups excluding carboxylic acids is 1. The molecule has 0 saturated carbocycles. The van der Waals surface area contributed by atoms with E-state index in [0.29, 0.717) is 13.0 Å². The molecule has 1 saturated heterocycles. The van der Waals surface area contributed by atoms with E-state index < -0.39 is 15.9 Å². The van der Waals surface area contributed by atoms with Crippen LogP contribution in [-0.2, 0) is 16.4 Å². The van der Waals surface area contributed by atoms with Crippen molar-refractivity contribution < 1.29 is 13.2 Å². The van der Waals surface area contributed by atoms with Crippen LogP contribution in [0, 0.1) is 0 Å². The molecule has 10 heteroatoms. The lowest BCUT2D eigenvalue weighted by atomic mass is 10.3. The molecule has 0 radical (unpaired) electrons. The van der Waals surface area contributed by atoms with Crippen molar-refractivity contribution in [3.63, 3.8) is 0 Å². The number of aryl methyl sites for hydroxylation is 1. The lowest BCUT2D eigenvalue weighted by Crippen LogP contribution is -2.39. The first-order valence-corrected chi connectivity index (χ1v) is 8.36. The zero-order valence-electron chi connectivity index (χ0n) is 11.2. The summed E-state index contributed by atoms with van der Waals surface area (Å²) in [7, 11) is -3.01. The van der Waals surface area contributed by atoms with Gasteiger partial charge in [-0.2, -0.15) is 0 Å². The molecule has 0 bridgehead atoms. The third-order valence-corrected chi connectivity index (χ3v) is 4.82. The van der Waals surface area contributed by atoms with Gasteiger partial charge in [-0.25, -0.2) is 17.9 Å². The van der Waals surface area contributed by atoms with Crippen LogP contribution in [0.3, 0.4) is 0 Å². The van der Waals surface area contributed by atoms with Crippen molar-refractivity contribution >= 4 is 21.8 Å². The SMILES string of the molecule is CCCCn1nnnc1NC(=O)NC1CCS(=O)(=O)C1. The third-order valence-electron chi connectivity index (χ3n) is 3.05. The molecule has 2 amide bonds. The van der Waals surface area contributed by atoms with Gasteiger partial charge in [-0.3, -0.25) is 5.32 Å². The van der Waals surface area contributed by atoms with Crippen molar-refractivity contribution in [2.24, 2.45) is 0 Å². The summed E-state index contributed by atoms with van der Waals surface area (Å²) in [6.07, 6.45) is 2.34. The molecule has 1 aliphatic rings. The molecule has 0 aliphatic carbocycles. The van der Waals surface area contributed by atoms with E-state index in [9.17, 15) is 13.2 Å². The molecule has 1 aliphatic heterocycles. The summed E-state index contributed by atoms with van der Waals surface area (Å²) in [5.41, 5.74) is 0. The van der Waals surface area contributed by atoms with Gasteiger partial charge in [-0.1, -0.05) is 18.4 Å². The van der Waals surface area contributed by atoms with Gasteiger partial charge in [-0.05, 0) is 23.3 Å². The maximum absolute atomic E-state index is 11.8. The smallest absolute Gasteiger partial charge is 0.321 e. The molecular formula is C10H18N6O3S. The number of rotatable bonds is 5. The fourth-order valence-corrected chi connectivity index (χ4v) is 3.66. The van der Waals surface area contributed by atoms with Crippen LogP contribution < -0.4 is 10.6 Å². The largest absolute Gasteiger partial charge is 0.334 e. The predicted octanol–water partition coefficient (Wildman–Crippen LogP) is -0.218. The van der Waals surface area contributed by atoms with Gasteiger partial charge in [0.25, 0.3) is 5.95 Å². The number of urea groups is 1. The molecular weight excluding hydrogens is 284 g/mol. The lowest BCUT2D eigenvalue weighted by Gasteiger charge is -2.11. The fraction of sp³-hybridized carbons (Fsp3) is 0.800. The number of hydrogen-bond donors (Lipinski definition) is 2. The minimum Gasteiger partial charge on any atom is -0.334 e. The van der Waals surface area contributed by atoms with Gasteiger partial charge in [0.2, 0.25) is 0 Å². The molecule has 0 spiro atoms. The number of aromatic nitrogens is 4. The molecule has 1 unspecified atom stereocenters. The van der Waals surface area contributed by atoms with Crippen molar-refractivity contribution in [2.45, 2.75) is 38.8 Å². The number of unbranched alkanes of at least 4 members (excludes halogenated alkanes) is 1. The topological polar surface area (TPSA) is 119 Å². The molecule has 2 N–H and O–H groups in total. The van der Waals surface area contributed by atoms with E-state index >= 15 is 0 Å². The second-order valence-corrected chi connectivity index (χ2v) is 7.01. The first-order valence-electron chi connectivity index (χ1n) is 6.54. The molecule has 2 heterocycles. The maximum Gasteiger partial charge on any atom is 0.321 e. The van der Waals surface area contributed by atoms with Crippen molar-refractivity contribution in [3.05, 3.63) is 0 Å². The van der Waals surface area contributed by atoms with Crippen molar-refractivity contribution in [3.8, 4) is 0 Å². The predicted molar refractivity (Wildman–Crippen MR) is 71.9 cm³/mol. The Morgan fingerprint density at radius 1 is 1.50 bits per heavy atom. The average Bonchev–Trinajstić information content (AvgIpc) is 2.93. The van der Waals surface area contributed by atoms with Crippen molar-refractivity contribution in [2.75, 3.05) is 16.8 Å². The van der Waals surface area contributed by atoms with Gasteiger partial charge in [0.15, 0.2) is 9.84 Å². The fourth-order valence-electron chi connectivity index (χ4n) is 1.98. The van der Waals surface area contributed by atoms with E-state index in [-0.39, 0.29) is 23.5 Å². The number of nitrogens with one attached hydrogen (secondary N) is 2. The van der Waals surface area contributed by atoms with Crippen LogP contribution in [0.15, 0.2) is 0 Å². The average molecular weight is 302 g/mol. The number of carbonyl (C=O) groups is 1. The Hall–Kier alpha value is -1.71. The molecule has 20 heavy (non-hydrogen) atoms. The highest BCUT2D eigenvalue weighted by Crippen LogP contribution is 2.11. The standard InChI is InChI=1S/C10H18N6O3S/c1-2-3-5-16-9(13-14-15-16)12-10(17)11-8-4-6-20(18,19)7-8/h8H,2-7H2,1H3,(H2,11,12,13,15,17). The van der Waals surface area contributed by atoms with Crippen LogP contribution in [0.2, 0.25) is 0 Å². The van der Waals surface area contributed by atoms with Crippen molar-refractivity contribution in [1.82, 2.24) is 25.5 Å². The summed E-state index contributed by atoms with van der Waals surface area (Å²) >= 11 is 0. The van der Waals surface area contributed by atoms with Gasteiger partial charge in [-0.15, -0.1) is 0 Å². The number of tetrazole rings is 1. The van der Waals surface area contributed by atoms with Gasteiger partial charge < -0.3 is 5.32 Å². The van der Waals surface area contributed by atoms with Gasteiger partial charge >= 0.3 is 6.03 Å². The highest BCUT2D eigenvalue weighted by Gasteiger charge is 2.29. The molecule has 1 aromatic heterocycles. The second kappa shape index (κ2) is 6.16. The molecule has 112 valence electrons. The Labute approximate surface area is 117 Å². The second-order valence-electron chi connectivity index (χ2n) is 4.78. The van der Waals surface area contributed by atoms with E-state index in [0.717, 1.165) is 12.8 Å². The summed E-state index contributed by atoms with van der Waals surface area (Å²) in [6.45, 7) is 2.67. The van der Waals surface area contributed by atoms with Gasteiger partial charge in [0, 0.05) is 12.6 Å². The van der Waals surface area contributed by atoms with E-state index in [1.165, 1.54) is 4.68 Å². The quantitative estimate of drug-likeness (QED) is 0.776. The van der Waals surface area contributed by atoms with Crippen LogP contribution in [0.1, 0.15) is 26.2 Å². The van der Waals surface area contributed by atoms with Crippen LogP contribution >= 0.6 is 0 Å². The Kier molecular flexibility index (Phi) is 4.53. The zero-order valence-corrected chi connectivity index (χ0v) is 12.1.